The smallest absolute Gasteiger partial charge is 0.328 e. The summed E-state index contributed by atoms with van der Waals surface area (Å²) in [4.78, 5) is 29.5. The Morgan fingerprint density at radius 3 is 3.05 bits per heavy atom. The summed E-state index contributed by atoms with van der Waals surface area (Å²) in [6.07, 6.45) is 3.13. The maximum atomic E-state index is 12.6. The molecule has 1 atom stereocenters. The van der Waals surface area contributed by atoms with Crippen molar-refractivity contribution in [2.75, 3.05) is 19.8 Å². The number of carbonyl (C=O) groups is 2. The molecule has 2 aromatic heterocycles. The van der Waals surface area contributed by atoms with Crippen molar-refractivity contribution in [3.63, 3.8) is 0 Å². The minimum Gasteiger partial charge on any atom is -0.480 e. The van der Waals surface area contributed by atoms with Crippen LogP contribution in [0.25, 0.3) is 5.65 Å². The maximum Gasteiger partial charge on any atom is 0.328 e. The van der Waals surface area contributed by atoms with Crippen LogP contribution >= 0.6 is 0 Å². The number of morpholine rings is 1. The fraction of sp³-hybridized carbons (Fsp3) is 0.385. The van der Waals surface area contributed by atoms with Gasteiger partial charge < -0.3 is 14.7 Å². The second kappa shape index (κ2) is 5.13. The molecule has 0 aliphatic carbocycles. The molecule has 1 aliphatic rings. The lowest BCUT2D eigenvalue weighted by atomic mass is 10.2. The highest BCUT2D eigenvalue weighted by atomic mass is 16.5. The third-order valence-electron chi connectivity index (χ3n) is 3.41. The van der Waals surface area contributed by atoms with Crippen LogP contribution in [0.1, 0.15) is 16.1 Å². The van der Waals surface area contributed by atoms with Gasteiger partial charge in [-0.05, 0) is 13.0 Å². The zero-order valence-corrected chi connectivity index (χ0v) is 11.4. The average molecular weight is 290 g/mol. The van der Waals surface area contributed by atoms with Crippen LogP contribution in [0.4, 0.5) is 0 Å². The Morgan fingerprint density at radius 1 is 1.48 bits per heavy atom. The minimum absolute atomic E-state index is 0.00720. The van der Waals surface area contributed by atoms with Crippen molar-refractivity contribution in [3.8, 4) is 0 Å². The van der Waals surface area contributed by atoms with E-state index in [1.165, 1.54) is 15.6 Å². The number of aryl methyl sites for hydroxylation is 1. The first-order chi connectivity index (χ1) is 10.1. The lowest BCUT2D eigenvalue weighted by Gasteiger charge is -2.32. The molecule has 2 aromatic rings. The quantitative estimate of drug-likeness (QED) is 0.833. The first-order valence-corrected chi connectivity index (χ1v) is 6.50. The second-order valence-electron chi connectivity index (χ2n) is 4.82. The van der Waals surface area contributed by atoms with Crippen molar-refractivity contribution in [2.24, 2.45) is 0 Å². The van der Waals surface area contributed by atoms with Crippen LogP contribution in [0.5, 0.6) is 0 Å². The number of amides is 1. The molecule has 3 heterocycles. The Hall–Kier alpha value is -2.48. The van der Waals surface area contributed by atoms with E-state index in [0.717, 1.165) is 5.69 Å². The Kier molecular flexibility index (Phi) is 3.30. The van der Waals surface area contributed by atoms with Crippen LogP contribution in [0, 0.1) is 6.92 Å². The fourth-order valence-corrected chi connectivity index (χ4v) is 2.32. The van der Waals surface area contributed by atoms with Crippen molar-refractivity contribution in [3.05, 3.63) is 29.7 Å². The number of aliphatic carboxylic acids is 1. The van der Waals surface area contributed by atoms with E-state index < -0.39 is 12.0 Å². The van der Waals surface area contributed by atoms with E-state index in [9.17, 15) is 14.7 Å². The molecule has 1 amide bonds. The molecule has 1 unspecified atom stereocenters. The molecule has 1 saturated heterocycles. The monoisotopic (exact) mass is 290 g/mol. The highest BCUT2D eigenvalue weighted by Crippen LogP contribution is 2.16. The number of hydrogen-bond donors (Lipinski definition) is 1. The van der Waals surface area contributed by atoms with Gasteiger partial charge in [-0.25, -0.2) is 14.3 Å². The van der Waals surface area contributed by atoms with E-state index in [2.05, 4.69) is 10.1 Å². The number of rotatable bonds is 2. The maximum absolute atomic E-state index is 12.6. The van der Waals surface area contributed by atoms with Gasteiger partial charge in [-0.3, -0.25) is 4.79 Å². The fourth-order valence-electron chi connectivity index (χ4n) is 2.32. The topological polar surface area (TPSA) is 97.0 Å². The molecule has 0 radical (unpaired) electrons. The van der Waals surface area contributed by atoms with Crippen LogP contribution in [0.2, 0.25) is 0 Å². The summed E-state index contributed by atoms with van der Waals surface area (Å²) >= 11 is 0. The standard InChI is InChI=1S/C13H14N4O4/c1-8-2-3-17-11(15-8)9(6-14-17)12(18)16-4-5-21-7-10(16)13(19)20/h2-3,6,10H,4-5,7H2,1H3,(H,19,20). The molecule has 21 heavy (non-hydrogen) atoms. The van der Waals surface area contributed by atoms with Crippen molar-refractivity contribution in [2.45, 2.75) is 13.0 Å². The van der Waals surface area contributed by atoms with E-state index >= 15 is 0 Å². The number of ether oxygens (including phenoxy) is 1. The first-order valence-electron chi connectivity index (χ1n) is 6.50. The van der Waals surface area contributed by atoms with Crippen LogP contribution < -0.4 is 0 Å². The van der Waals surface area contributed by atoms with Gasteiger partial charge >= 0.3 is 5.97 Å². The molecule has 0 bridgehead atoms. The van der Waals surface area contributed by atoms with Gasteiger partial charge in [0.2, 0.25) is 0 Å². The minimum atomic E-state index is -1.08. The largest absolute Gasteiger partial charge is 0.480 e. The average Bonchev–Trinajstić information content (AvgIpc) is 2.89. The van der Waals surface area contributed by atoms with Crippen molar-refractivity contribution in [1.29, 1.82) is 0 Å². The normalized spacial score (nSPS) is 18.9. The second-order valence-corrected chi connectivity index (χ2v) is 4.82. The highest BCUT2D eigenvalue weighted by molar-refractivity contribution is 6.01. The molecule has 0 saturated carbocycles. The van der Waals surface area contributed by atoms with E-state index in [1.807, 2.05) is 6.92 Å². The number of nitrogens with zero attached hydrogens (tertiary/aromatic N) is 4. The lowest BCUT2D eigenvalue weighted by molar-refractivity contribution is -0.147. The van der Waals surface area contributed by atoms with E-state index in [-0.39, 0.29) is 19.1 Å². The molecule has 1 N–H and O–H groups in total. The van der Waals surface area contributed by atoms with Crippen molar-refractivity contribution < 1.29 is 19.4 Å². The summed E-state index contributed by atoms with van der Waals surface area (Å²) in [5.74, 6) is -1.47. The molecule has 0 aromatic carbocycles. The van der Waals surface area contributed by atoms with Gasteiger partial charge in [0.15, 0.2) is 11.7 Å². The lowest BCUT2D eigenvalue weighted by Crippen LogP contribution is -2.52. The summed E-state index contributed by atoms with van der Waals surface area (Å²) in [5.41, 5.74) is 1.48. The predicted molar refractivity (Wildman–Crippen MR) is 71.0 cm³/mol. The molecule has 1 aliphatic heterocycles. The molecule has 1 fully saturated rings. The zero-order valence-electron chi connectivity index (χ0n) is 11.4. The molecular formula is C13H14N4O4. The van der Waals surface area contributed by atoms with Gasteiger partial charge in [0, 0.05) is 18.4 Å². The Labute approximate surface area is 119 Å². The van der Waals surface area contributed by atoms with E-state index in [1.54, 1.807) is 12.3 Å². The van der Waals surface area contributed by atoms with Gasteiger partial charge in [0.1, 0.15) is 5.56 Å². The van der Waals surface area contributed by atoms with Gasteiger partial charge in [0.05, 0.1) is 19.4 Å². The molecule has 3 rings (SSSR count). The number of carbonyl (C=O) groups excluding carboxylic acids is 1. The Morgan fingerprint density at radius 2 is 2.29 bits per heavy atom. The van der Waals surface area contributed by atoms with E-state index in [0.29, 0.717) is 17.8 Å². The molecular weight excluding hydrogens is 276 g/mol. The molecule has 8 heteroatoms. The molecule has 110 valence electrons. The Bertz CT molecular complexity index is 711. The van der Waals surface area contributed by atoms with Gasteiger partial charge in [-0.2, -0.15) is 5.10 Å². The number of carboxylic acid groups (broad SMARTS) is 1. The third kappa shape index (κ3) is 2.33. The van der Waals surface area contributed by atoms with Crippen LogP contribution in [-0.2, 0) is 9.53 Å². The first kappa shape index (κ1) is 13.5. The van der Waals surface area contributed by atoms with Gasteiger partial charge in [-0.15, -0.1) is 0 Å². The van der Waals surface area contributed by atoms with Crippen LogP contribution in [0.3, 0.4) is 0 Å². The molecule has 0 spiro atoms. The van der Waals surface area contributed by atoms with E-state index in [4.69, 9.17) is 4.74 Å². The van der Waals surface area contributed by atoms with Crippen molar-refractivity contribution >= 4 is 17.5 Å². The number of carboxylic acids is 1. The third-order valence-corrected chi connectivity index (χ3v) is 3.41. The SMILES string of the molecule is Cc1ccn2ncc(C(=O)N3CCOCC3C(=O)O)c2n1. The summed E-state index contributed by atoms with van der Waals surface area (Å²) < 4.78 is 6.63. The summed E-state index contributed by atoms with van der Waals surface area (Å²) in [5, 5.41) is 13.3. The number of hydrogen-bond acceptors (Lipinski definition) is 5. The summed E-state index contributed by atoms with van der Waals surface area (Å²) in [7, 11) is 0. The zero-order chi connectivity index (χ0) is 15.0. The van der Waals surface area contributed by atoms with Crippen LogP contribution in [-0.4, -0.2) is 62.3 Å². The highest BCUT2D eigenvalue weighted by Gasteiger charge is 2.34. The summed E-state index contributed by atoms with van der Waals surface area (Å²) in [6, 6.07) is 0.800. The van der Waals surface area contributed by atoms with Gasteiger partial charge in [0.25, 0.3) is 5.91 Å². The van der Waals surface area contributed by atoms with Gasteiger partial charge in [-0.1, -0.05) is 0 Å². The van der Waals surface area contributed by atoms with Crippen LogP contribution in [0.15, 0.2) is 18.5 Å². The molecule has 8 nitrogen and oxygen atoms in total. The predicted octanol–water partition coefficient (Wildman–Crippen LogP) is -0.0367. The number of fused-ring (bicyclic) bond motifs is 1. The number of aromatic nitrogens is 3. The Balaban J connectivity index is 1.99. The van der Waals surface area contributed by atoms with Crippen molar-refractivity contribution in [1.82, 2.24) is 19.5 Å². The summed E-state index contributed by atoms with van der Waals surface area (Å²) in [6.45, 7) is 2.36.